The van der Waals surface area contributed by atoms with Gasteiger partial charge in [0, 0.05) is 26.2 Å². The van der Waals surface area contributed by atoms with E-state index in [1.54, 1.807) is 0 Å². The van der Waals surface area contributed by atoms with E-state index in [1.165, 1.54) is 55.3 Å². The zero-order valence-corrected chi connectivity index (χ0v) is 18.5. The summed E-state index contributed by atoms with van der Waals surface area (Å²) in [5.74, 6) is 2.95. The molecule has 0 bridgehead atoms. The molecule has 156 valence electrons. The molecule has 3 saturated carbocycles. The van der Waals surface area contributed by atoms with E-state index >= 15 is 0 Å². The van der Waals surface area contributed by atoms with Crippen molar-refractivity contribution >= 4 is 11.5 Å². The van der Waals surface area contributed by atoms with Crippen LogP contribution in [0.1, 0.15) is 70.3 Å². The second kappa shape index (κ2) is 7.00. The Bertz CT molecular complexity index is 821. The van der Waals surface area contributed by atoms with E-state index in [4.69, 9.17) is 0 Å². The number of anilines is 1. The van der Waals surface area contributed by atoms with Gasteiger partial charge in [0.05, 0.1) is 0 Å². The summed E-state index contributed by atoms with van der Waals surface area (Å²) in [4.78, 5) is 14.5. The van der Waals surface area contributed by atoms with Gasteiger partial charge in [0.15, 0.2) is 5.78 Å². The smallest absolute Gasteiger partial charge is 0.155 e. The topological polar surface area (TPSA) is 20.3 Å². The van der Waals surface area contributed by atoms with Crippen LogP contribution in [-0.2, 0) is 11.2 Å². The van der Waals surface area contributed by atoms with Crippen molar-refractivity contribution in [1.29, 1.82) is 0 Å². The van der Waals surface area contributed by atoms with E-state index in [0.717, 1.165) is 43.4 Å². The maximum atomic E-state index is 12.3. The summed E-state index contributed by atoms with van der Waals surface area (Å²) in [5, 5.41) is 0. The maximum Gasteiger partial charge on any atom is 0.155 e. The molecule has 0 aliphatic heterocycles. The van der Waals surface area contributed by atoms with Crippen molar-refractivity contribution in [3.8, 4) is 0 Å². The van der Waals surface area contributed by atoms with Crippen LogP contribution in [0.4, 0.5) is 5.69 Å². The number of carbonyl (C=O) groups excluding carboxylic acids is 1. The van der Waals surface area contributed by atoms with E-state index in [9.17, 15) is 4.79 Å². The molecule has 0 aromatic heterocycles. The van der Waals surface area contributed by atoms with Crippen molar-refractivity contribution in [3.63, 3.8) is 0 Å². The Balaban J connectivity index is 1.51. The minimum absolute atomic E-state index is 0.236. The van der Waals surface area contributed by atoms with Gasteiger partial charge in [-0.1, -0.05) is 31.1 Å². The van der Waals surface area contributed by atoms with Crippen LogP contribution in [0.2, 0.25) is 0 Å². The van der Waals surface area contributed by atoms with Crippen molar-refractivity contribution in [1.82, 2.24) is 0 Å². The number of hydrogen-bond acceptors (Lipinski definition) is 2. The van der Waals surface area contributed by atoms with Crippen molar-refractivity contribution in [2.24, 2.45) is 28.6 Å². The molecule has 2 heteroatoms. The first-order valence-corrected chi connectivity index (χ1v) is 11.9. The van der Waals surface area contributed by atoms with Gasteiger partial charge in [-0.05, 0) is 104 Å². The predicted octanol–water partition coefficient (Wildman–Crippen LogP) is 6.20. The van der Waals surface area contributed by atoms with Crippen LogP contribution in [0.25, 0.3) is 0 Å². The molecule has 0 spiro atoms. The molecular weight excluding hydrogens is 354 g/mol. The number of benzene rings is 1. The van der Waals surface area contributed by atoms with Crippen LogP contribution < -0.4 is 4.90 Å². The monoisotopic (exact) mass is 391 g/mol. The number of allylic oxidation sites excluding steroid dienone is 1. The molecule has 5 atom stereocenters. The van der Waals surface area contributed by atoms with Crippen molar-refractivity contribution in [3.05, 3.63) is 41.5 Å². The van der Waals surface area contributed by atoms with Gasteiger partial charge in [-0.25, -0.2) is 0 Å². The van der Waals surface area contributed by atoms with Crippen LogP contribution in [0.5, 0.6) is 0 Å². The number of rotatable bonds is 3. The van der Waals surface area contributed by atoms with Crippen LogP contribution >= 0.6 is 0 Å². The van der Waals surface area contributed by atoms with Crippen LogP contribution in [0.3, 0.4) is 0 Å². The van der Waals surface area contributed by atoms with Crippen LogP contribution in [0, 0.1) is 28.6 Å². The molecule has 29 heavy (non-hydrogen) atoms. The van der Waals surface area contributed by atoms with Gasteiger partial charge in [-0.3, -0.25) is 4.79 Å². The fourth-order valence-electron chi connectivity index (χ4n) is 7.96. The number of nitrogens with zero attached hydrogens (tertiary/aromatic N) is 1. The number of fused-ring (bicyclic) bond motifs is 5. The Hall–Kier alpha value is -1.57. The summed E-state index contributed by atoms with van der Waals surface area (Å²) in [5.41, 5.74) is 5.06. The molecule has 0 N–H and O–H groups in total. The third-order valence-electron chi connectivity index (χ3n) is 9.44. The summed E-state index contributed by atoms with van der Waals surface area (Å²) in [7, 11) is 4.21. The molecule has 0 unspecified atom stereocenters. The zero-order chi connectivity index (χ0) is 20.2. The zero-order valence-electron chi connectivity index (χ0n) is 18.5. The average molecular weight is 392 g/mol. The highest BCUT2D eigenvalue weighted by Crippen LogP contribution is 2.66. The molecule has 1 aromatic rings. The molecule has 4 aliphatic rings. The fraction of sp³-hybridized carbons (Fsp3) is 0.667. The van der Waals surface area contributed by atoms with E-state index in [1.807, 2.05) is 0 Å². The number of hydrogen-bond donors (Lipinski definition) is 0. The molecule has 0 saturated heterocycles. The van der Waals surface area contributed by atoms with Crippen molar-refractivity contribution < 1.29 is 4.79 Å². The van der Waals surface area contributed by atoms with Crippen molar-refractivity contribution in [2.75, 3.05) is 19.0 Å². The summed E-state index contributed by atoms with van der Waals surface area (Å²) in [6.45, 7) is 2.59. The first kappa shape index (κ1) is 19.4. The second-order valence-corrected chi connectivity index (χ2v) is 11.0. The quantitative estimate of drug-likeness (QED) is 0.611. The van der Waals surface area contributed by atoms with E-state index in [2.05, 4.69) is 56.3 Å². The van der Waals surface area contributed by atoms with Gasteiger partial charge in [0.25, 0.3) is 0 Å². The van der Waals surface area contributed by atoms with Gasteiger partial charge in [0.1, 0.15) is 0 Å². The number of carbonyl (C=O) groups is 1. The lowest BCUT2D eigenvalue weighted by atomic mass is 9.46. The van der Waals surface area contributed by atoms with Gasteiger partial charge >= 0.3 is 0 Å². The third kappa shape index (κ3) is 3.09. The van der Waals surface area contributed by atoms with Gasteiger partial charge in [0.2, 0.25) is 0 Å². The highest BCUT2D eigenvalue weighted by molar-refractivity contribution is 5.91. The molecule has 3 fully saturated rings. The summed E-state index contributed by atoms with van der Waals surface area (Å²) >= 11 is 0. The third-order valence-corrected chi connectivity index (χ3v) is 9.44. The Morgan fingerprint density at radius 2 is 1.76 bits per heavy atom. The minimum atomic E-state index is 0.236. The van der Waals surface area contributed by atoms with E-state index in [-0.39, 0.29) is 5.41 Å². The van der Waals surface area contributed by atoms with Crippen LogP contribution in [-0.4, -0.2) is 19.9 Å². The highest BCUT2D eigenvalue weighted by Gasteiger charge is 2.57. The molecule has 2 nitrogen and oxygen atoms in total. The van der Waals surface area contributed by atoms with Crippen LogP contribution in [0.15, 0.2) is 35.9 Å². The normalized spacial score (nSPS) is 38.7. The summed E-state index contributed by atoms with van der Waals surface area (Å²) in [6.07, 6.45) is 14.6. The molecule has 0 heterocycles. The largest absolute Gasteiger partial charge is 0.378 e. The Kier molecular flexibility index (Phi) is 4.68. The van der Waals surface area contributed by atoms with Gasteiger partial charge in [-0.2, -0.15) is 0 Å². The Labute approximate surface area is 176 Å². The SMILES string of the molecule is CN(C)c1ccc(C[C@]23CCC(=O)C=C2CC[C@@H]2[C@H]3CC[C@]3(C)CCC[C@@H]23)cc1. The maximum absolute atomic E-state index is 12.3. The Morgan fingerprint density at radius 1 is 0.966 bits per heavy atom. The van der Waals surface area contributed by atoms with Gasteiger partial charge < -0.3 is 4.90 Å². The van der Waals surface area contributed by atoms with Crippen molar-refractivity contribution in [2.45, 2.75) is 71.1 Å². The lowest BCUT2D eigenvalue weighted by Gasteiger charge is -2.58. The minimum Gasteiger partial charge on any atom is -0.378 e. The first-order valence-electron chi connectivity index (χ1n) is 11.9. The fourth-order valence-corrected chi connectivity index (χ4v) is 7.96. The van der Waals surface area contributed by atoms with Gasteiger partial charge in [-0.15, -0.1) is 0 Å². The molecule has 0 radical (unpaired) electrons. The first-order chi connectivity index (χ1) is 13.9. The standard InChI is InChI=1S/C27H37NO/c1-26-14-4-5-24(26)23-11-8-20-17-22(29)12-16-27(20,25(23)13-15-26)18-19-6-9-21(10-7-19)28(2)3/h6-7,9-10,17,23-25H,4-5,8,11-16,18H2,1-3H3/t23-,24-,25+,26-,27+/m0/s1. The highest BCUT2D eigenvalue weighted by atomic mass is 16.1. The lowest BCUT2D eigenvalue weighted by Crippen LogP contribution is -2.51. The average Bonchev–Trinajstić information content (AvgIpc) is 3.10. The Morgan fingerprint density at radius 3 is 2.52 bits per heavy atom. The molecule has 0 amide bonds. The molecular formula is C27H37NO. The van der Waals surface area contributed by atoms with E-state index in [0.29, 0.717) is 11.2 Å². The molecule has 1 aromatic carbocycles. The van der Waals surface area contributed by atoms with E-state index < -0.39 is 0 Å². The summed E-state index contributed by atoms with van der Waals surface area (Å²) in [6, 6.07) is 9.20. The molecule has 4 aliphatic carbocycles. The summed E-state index contributed by atoms with van der Waals surface area (Å²) < 4.78 is 0. The molecule has 5 rings (SSSR count). The lowest BCUT2D eigenvalue weighted by molar-refractivity contribution is -0.117. The number of ketones is 1. The predicted molar refractivity (Wildman–Crippen MR) is 120 cm³/mol. The second-order valence-electron chi connectivity index (χ2n) is 11.0.